The minimum atomic E-state index is -0.495. The number of amides is 1. The van der Waals surface area contributed by atoms with Gasteiger partial charge in [-0.3, -0.25) is 20.2 Å². The Morgan fingerprint density at radius 1 is 1.33 bits per heavy atom. The maximum absolute atomic E-state index is 12.5. The Balaban J connectivity index is 1.55. The first-order valence-electron chi connectivity index (χ1n) is 8.30. The van der Waals surface area contributed by atoms with Gasteiger partial charge in [-0.1, -0.05) is 6.07 Å². The molecule has 0 atom stereocenters. The minimum absolute atomic E-state index is 0.0807. The predicted molar refractivity (Wildman–Crippen MR) is 103 cm³/mol. The molecule has 27 heavy (non-hydrogen) atoms. The molecule has 0 unspecified atom stereocenters. The topological polar surface area (TPSA) is 94.4 Å². The molecule has 8 heteroatoms. The number of nitro groups is 1. The van der Waals surface area contributed by atoms with Crippen molar-refractivity contribution >= 4 is 28.1 Å². The summed E-state index contributed by atoms with van der Waals surface area (Å²) in [7, 11) is 0. The van der Waals surface area contributed by atoms with Crippen LogP contribution in [-0.2, 0) is 6.42 Å². The summed E-state index contributed by atoms with van der Waals surface area (Å²) >= 11 is 1.31. The molecule has 3 aromatic rings. The van der Waals surface area contributed by atoms with Crippen molar-refractivity contribution in [3.8, 4) is 17.0 Å². The molecule has 1 amide bonds. The Bertz CT molecular complexity index is 1060. The second-order valence-electron chi connectivity index (χ2n) is 6.12. The number of thiazole rings is 1. The third-order valence-electron chi connectivity index (χ3n) is 4.46. The summed E-state index contributed by atoms with van der Waals surface area (Å²) in [6, 6.07) is 10.4. The van der Waals surface area contributed by atoms with Crippen molar-refractivity contribution in [3.05, 3.63) is 68.6 Å². The fraction of sp³-hybridized carbons (Fsp3) is 0.158. The largest absolute Gasteiger partial charge is 0.493 e. The standard InChI is InChI=1S/C19H15N3O4S/c1-11-14(3-2-4-16(11)22(24)25)18(23)21-19-20-15(10-27-19)12-5-6-17-13(9-12)7-8-26-17/h2-6,9-10H,7-8H2,1H3,(H,20,21,23). The highest BCUT2D eigenvalue weighted by Crippen LogP contribution is 2.32. The summed E-state index contributed by atoms with van der Waals surface area (Å²) in [4.78, 5) is 27.6. The number of rotatable bonds is 4. The smallest absolute Gasteiger partial charge is 0.273 e. The molecule has 0 bridgehead atoms. The first-order valence-corrected chi connectivity index (χ1v) is 9.18. The van der Waals surface area contributed by atoms with E-state index < -0.39 is 10.8 Å². The van der Waals surface area contributed by atoms with Gasteiger partial charge in [0.25, 0.3) is 11.6 Å². The van der Waals surface area contributed by atoms with Crippen LogP contribution in [0.15, 0.2) is 41.8 Å². The van der Waals surface area contributed by atoms with Crippen molar-refractivity contribution in [2.45, 2.75) is 13.3 Å². The number of hydrogen-bond acceptors (Lipinski definition) is 6. The number of fused-ring (bicyclic) bond motifs is 1. The monoisotopic (exact) mass is 381 g/mol. The molecule has 1 aromatic heterocycles. The van der Waals surface area contributed by atoms with E-state index in [2.05, 4.69) is 10.3 Å². The Morgan fingerprint density at radius 2 is 2.19 bits per heavy atom. The van der Waals surface area contributed by atoms with Crippen LogP contribution in [0.5, 0.6) is 5.75 Å². The van der Waals surface area contributed by atoms with E-state index in [4.69, 9.17) is 4.74 Å². The number of carbonyl (C=O) groups is 1. The fourth-order valence-electron chi connectivity index (χ4n) is 3.04. The third-order valence-corrected chi connectivity index (χ3v) is 5.21. The molecule has 136 valence electrons. The lowest BCUT2D eigenvalue weighted by Gasteiger charge is -2.05. The number of anilines is 1. The molecule has 0 aliphatic carbocycles. The molecule has 0 fully saturated rings. The lowest BCUT2D eigenvalue weighted by molar-refractivity contribution is -0.385. The van der Waals surface area contributed by atoms with Gasteiger partial charge in [-0.15, -0.1) is 11.3 Å². The number of nitrogens with zero attached hydrogens (tertiary/aromatic N) is 2. The Kier molecular flexibility index (Phi) is 4.33. The normalized spacial score (nSPS) is 12.3. The highest BCUT2D eigenvalue weighted by atomic mass is 32.1. The SMILES string of the molecule is Cc1c(C(=O)Nc2nc(-c3ccc4c(c3)CCO4)cs2)cccc1[N+](=O)[O-]. The van der Waals surface area contributed by atoms with Crippen molar-refractivity contribution in [3.63, 3.8) is 0 Å². The van der Waals surface area contributed by atoms with E-state index in [0.717, 1.165) is 29.0 Å². The van der Waals surface area contributed by atoms with Crippen molar-refractivity contribution < 1.29 is 14.5 Å². The van der Waals surface area contributed by atoms with Crippen LogP contribution in [0, 0.1) is 17.0 Å². The van der Waals surface area contributed by atoms with Crippen molar-refractivity contribution in [1.29, 1.82) is 0 Å². The van der Waals surface area contributed by atoms with E-state index in [-0.39, 0.29) is 11.3 Å². The van der Waals surface area contributed by atoms with E-state index in [1.165, 1.54) is 23.5 Å². The molecule has 1 N–H and O–H groups in total. The highest BCUT2D eigenvalue weighted by Gasteiger charge is 2.19. The van der Waals surface area contributed by atoms with Crippen molar-refractivity contribution in [1.82, 2.24) is 4.98 Å². The molecular weight excluding hydrogens is 366 g/mol. The van der Waals surface area contributed by atoms with Gasteiger partial charge >= 0.3 is 0 Å². The summed E-state index contributed by atoms with van der Waals surface area (Å²) in [6.45, 7) is 2.26. The second kappa shape index (κ2) is 6.81. The predicted octanol–water partition coefficient (Wildman–Crippen LogP) is 4.21. The maximum Gasteiger partial charge on any atom is 0.273 e. The molecule has 1 aliphatic rings. The van der Waals surface area contributed by atoms with E-state index in [1.807, 2.05) is 23.6 Å². The van der Waals surface area contributed by atoms with Crippen LogP contribution in [0.4, 0.5) is 10.8 Å². The van der Waals surface area contributed by atoms with Crippen LogP contribution in [0.3, 0.4) is 0 Å². The highest BCUT2D eigenvalue weighted by molar-refractivity contribution is 7.14. The number of hydrogen-bond donors (Lipinski definition) is 1. The van der Waals surface area contributed by atoms with Crippen molar-refractivity contribution in [2.24, 2.45) is 0 Å². The van der Waals surface area contributed by atoms with Gasteiger partial charge in [0.1, 0.15) is 5.75 Å². The van der Waals surface area contributed by atoms with E-state index >= 15 is 0 Å². The molecule has 0 radical (unpaired) electrons. The first kappa shape index (κ1) is 17.2. The first-order chi connectivity index (χ1) is 13.0. The zero-order chi connectivity index (χ0) is 19.0. The van der Waals surface area contributed by atoms with Gasteiger partial charge < -0.3 is 4.74 Å². The van der Waals surface area contributed by atoms with Gasteiger partial charge in [0.05, 0.1) is 17.2 Å². The van der Waals surface area contributed by atoms with Gasteiger partial charge in [0.15, 0.2) is 5.13 Å². The zero-order valence-corrected chi connectivity index (χ0v) is 15.2. The van der Waals surface area contributed by atoms with E-state index in [9.17, 15) is 14.9 Å². The van der Waals surface area contributed by atoms with Gasteiger partial charge in [-0.2, -0.15) is 0 Å². The summed E-state index contributed by atoms with van der Waals surface area (Å²) in [5, 5.41) is 16.1. The minimum Gasteiger partial charge on any atom is -0.493 e. The quantitative estimate of drug-likeness (QED) is 0.539. The van der Waals surface area contributed by atoms with Crippen LogP contribution >= 0.6 is 11.3 Å². The van der Waals surface area contributed by atoms with Crippen molar-refractivity contribution in [2.75, 3.05) is 11.9 Å². The Morgan fingerprint density at radius 3 is 3.00 bits per heavy atom. The molecule has 0 saturated heterocycles. The van der Waals surface area contributed by atoms with Crippen LogP contribution in [-0.4, -0.2) is 22.4 Å². The zero-order valence-electron chi connectivity index (χ0n) is 14.4. The van der Waals surface area contributed by atoms with Crippen LogP contribution in [0.25, 0.3) is 11.3 Å². The fourth-order valence-corrected chi connectivity index (χ4v) is 3.76. The van der Waals surface area contributed by atoms with Gasteiger partial charge in [0, 0.05) is 34.6 Å². The number of nitro benzene ring substituents is 1. The van der Waals surface area contributed by atoms with E-state index in [1.54, 1.807) is 13.0 Å². The van der Waals surface area contributed by atoms with Gasteiger partial charge in [-0.25, -0.2) is 4.98 Å². The van der Waals surface area contributed by atoms with Gasteiger partial charge in [-0.05, 0) is 36.8 Å². The number of benzene rings is 2. The lowest BCUT2D eigenvalue weighted by atomic mass is 10.1. The van der Waals surface area contributed by atoms with Crippen LogP contribution in [0.2, 0.25) is 0 Å². The Hall–Kier alpha value is -3.26. The Labute approximate surface area is 158 Å². The lowest BCUT2D eigenvalue weighted by Crippen LogP contribution is -2.14. The average molecular weight is 381 g/mol. The number of nitrogens with one attached hydrogen (secondary N) is 1. The average Bonchev–Trinajstić information content (AvgIpc) is 3.29. The van der Waals surface area contributed by atoms with Crippen LogP contribution < -0.4 is 10.1 Å². The van der Waals surface area contributed by atoms with Gasteiger partial charge in [0.2, 0.25) is 0 Å². The number of ether oxygens (including phenoxy) is 1. The van der Waals surface area contributed by atoms with E-state index in [0.29, 0.717) is 17.3 Å². The summed E-state index contributed by atoms with van der Waals surface area (Å²) in [5.41, 5.74) is 3.38. The maximum atomic E-state index is 12.5. The second-order valence-corrected chi connectivity index (χ2v) is 6.98. The molecule has 0 spiro atoms. The molecule has 0 saturated carbocycles. The molecule has 4 rings (SSSR count). The summed E-state index contributed by atoms with van der Waals surface area (Å²) in [5.74, 6) is 0.489. The molecule has 2 heterocycles. The molecular formula is C19H15N3O4S. The molecule has 7 nitrogen and oxygen atoms in total. The summed E-state index contributed by atoms with van der Waals surface area (Å²) < 4.78 is 5.51. The summed E-state index contributed by atoms with van der Waals surface area (Å²) in [6.07, 6.45) is 0.878. The van der Waals surface area contributed by atoms with Crippen LogP contribution in [0.1, 0.15) is 21.5 Å². The number of carbonyl (C=O) groups excluding carboxylic acids is 1. The number of aromatic nitrogens is 1. The third kappa shape index (κ3) is 3.26. The molecule has 1 aliphatic heterocycles. The molecule has 2 aromatic carbocycles.